The molecule has 2 heteroatoms. The van der Waals surface area contributed by atoms with Crippen molar-refractivity contribution in [1.82, 2.24) is 0 Å². The van der Waals surface area contributed by atoms with Gasteiger partial charge < -0.3 is 5.11 Å². The Morgan fingerprint density at radius 3 is 1.48 bits per heavy atom. The largest absolute Gasteiger partial charge is 0.512 e. The van der Waals surface area contributed by atoms with E-state index in [-0.39, 0.29) is 0 Å². The minimum Gasteiger partial charge on any atom is -0.512 e. The molecule has 0 saturated carbocycles. The third-order valence-electron chi connectivity index (χ3n) is 4.54. The number of hydrogen-bond donors (Lipinski definition) is 1. The van der Waals surface area contributed by atoms with Gasteiger partial charge in [0.05, 0.1) is 5.76 Å². The van der Waals surface area contributed by atoms with Crippen molar-refractivity contribution in [3.05, 3.63) is 35.6 Å². The summed E-state index contributed by atoms with van der Waals surface area (Å²) < 4.78 is 0. The molecule has 0 heterocycles. The zero-order valence-electron chi connectivity index (χ0n) is 14.7. The molecular formula is C21H35BrO. The minimum absolute atomic E-state index is 0.561. The third kappa shape index (κ3) is 11.6. The highest BCUT2D eigenvalue weighted by molar-refractivity contribution is 9.09. The monoisotopic (exact) mass is 382 g/mol. The van der Waals surface area contributed by atoms with Crippen molar-refractivity contribution >= 4 is 15.9 Å². The summed E-state index contributed by atoms with van der Waals surface area (Å²) in [6, 6.07) is 0. The Morgan fingerprint density at radius 1 is 0.652 bits per heavy atom. The first-order chi connectivity index (χ1) is 11.3. The molecule has 1 aliphatic rings. The average Bonchev–Trinajstić information content (AvgIpc) is 3.09. The van der Waals surface area contributed by atoms with Crippen LogP contribution in [0.4, 0.5) is 0 Å². The van der Waals surface area contributed by atoms with Gasteiger partial charge >= 0.3 is 0 Å². The second kappa shape index (κ2) is 15.1. The van der Waals surface area contributed by atoms with Crippen LogP contribution in [0.3, 0.4) is 0 Å². The maximum absolute atomic E-state index is 9.91. The molecule has 0 aromatic rings. The Bertz CT molecular complexity index is 354. The van der Waals surface area contributed by atoms with Crippen LogP contribution in [-0.4, -0.2) is 10.4 Å². The van der Waals surface area contributed by atoms with Gasteiger partial charge in [0.2, 0.25) is 0 Å². The van der Waals surface area contributed by atoms with Crippen molar-refractivity contribution in [1.29, 1.82) is 0 Å². The van der Waals surface area contributed by atoms with Crippen LogP contribution in [0.5, 0.6) is 0 Å². The minimum atomic E-state index is 0.561. The summed E-state index contributed by atoms with van der Waals surface area (Å²) in [5.41, 5.74) is 0.997. The van der Waals surface area contributed by atoms with E-state index in [2.05, 4.69) is 15.9 Å². The molecular weight excluding hydrogens is 348 g/mol. The number of halogens is 1. The van der Waals surface area contributed by atoms with Crippen molar-refractivity contribution in [2.24, 2.45) is 0 Å². The van der Waals surface area contributed by atoms with Gasteiger partial charge in [-0.2, -0.15) is 0 Å². The first kappa shape index (κ1) is 20.5. The molecule has 0 amide bonds. The van der Waals surface area contributed by atoms with Gasteiger partial charge in [0.1, 0.15) is 0 Å². The molecule has 0 atom stereocenters. The fourth-order valence-electron chi connectivity index (χ4n) is 3.04. The molecule has 0 radical (unpaired) electrons. The second-order valence-corrected chi connectivity index (χ2v) is 7.45. The van der Waals surface area contributed by atoms with E-state index in [0.29, 0.717) is 5.76 Å². The van der Waals surface area contributed by atoms with Crippen LogP contribution >= 0.6 is 15.9 Å². The predicted molar refractivity (Wildman–Crippen MR) is 106 cm³/mol. The molecule has 0 bridgehead atoms. The fourth-order valence-corrected chi connectivity index (χ4v) is 3.44. The first-order valence-corrected chi connectivity index (χ1v) is 10.8. The van der Waals surface area contributed by atoms with Crippen molar-refractivity contribution < 1.29 is 5.11 Å². The molecule has 0 unspecified atom stereocenters. The number of allylic oxidation sites excluding steroid dienone is 6. The smallest absolute Gasteiger partial charge is 0.0994 e. The van der Waals surface area contributed by atoms with Crippen LogP contribution in [0.2, 0.25) is 0 Å². The molecule has 1 aliphatic carbocycles. The summed E-state index contributed by atoms with van der Waals surface area (Å²) in [5, 5.41) is 11.1. The maximum Gasteiger partial charge on any atom is 0.0994 e. The molecule has 0 saturated heterocycles. The van der Waals surface area contributed by atoms with Gasteiger partial charge in [0, 0.05) is 17.3 Å². The molecule has 0 aliphatic heterocycles. The van der Waals surface area contributed by atoms with Crippen LogP contribution in [0, 0.1) is 0 Å². The van der Waals surface area contributed by atoms with Gasteiger partial charge in [-0.3, -0.25) is 0 Å². The van der Waals surface area contributed by atoms with E-state index in [1.807, 2.05) is 24.3 Å². The Kier molecular flexibility index (Phi) is 13.4. The number of unbranched alkanes of at least 4 members (excludes halogenated alkanes) is 12. The summed E-state index contributed by atoms with van der Waals surface area (Å²) in [6.45, 7) is 0. The van der Waals surface area contributed by atoms with Crippen LogP contribution < -0.4 is 0 Å². The highest BCUT2D eigenvalue weighted by atomic mass is 79.9. The molecule has 1 N–H and O–H groups in total. The highest BCUT2D eigenvalue weighted by Crippen LogP contribution is 2.18. The molecule has 0 aromatic carbocycles. The van der Waals surface area contributed by atoms with E-state index in [4.69, 9.17) is 0 Å². The Morgan fingerprint density at radius 2 is 1.04 bits per heavy atom. The number of aliphatic hydroxyl groups is 1. The molecule has 0 fully saturated rings. The van der Waals surface area contributed by atoms with Crippen LogP contribution in [-0.2, 0) is 0 Å². The van der Waals surface area contributed by atoms with E-state index in [0.717, 1.165) is 23.7 Å². The Hall–Kier alpha value is -0.500. The number of aliphatic hydroxyl groups excluding tert-OH is 1. The lowest BCUT2D eigenvalue weighted by Crippen LogP contribution is -1.87. The van der Waals surface area contributed by atoms with Gasteiger partial charge in [-0.1, -0.05) is 111 Å². The maximum atomic E-state index is 9.91. The van der Waals surface area contributed by atoms with Crippen molar-refractivity contribution in [2.45, 2.75) is 89.9 Å². The SMILES string of the molecule is OC(CCCCCCCCCCCCCCCBr)=C1C=CC=C1. The predicted octanol–water partition coefficient (Wildman–Crippen LogP) is 7.78. The van der Waals surface area contributed by atoms with Crippen LogP contribution in [0.25, 0.3) is 0 Å². The summed E-state index contributed by atoms with van der Waals surface area (Å²) in [5.74, 6) is 0.561. The topological polar surface area (TPSA) is 20.2 Å². The number of rotatable bonds is 15. The summed E-state index contributed by atoms with van der Waals surface area (Å²) >= 11 is 3.49. The van der Waals surface area contributed by atoms with E-state index < -0.39 is 0 Å². The van der Waals surface area contributed by atoms with Gasteiger partial charge in [-0.15, -0.1) is 0 Å². The van der Waals surface area contributed by atoms with Crippen LogP contribution in [0.15, 0.2) is 35.6 Å². The third-order valence-corrected chi connectivity index (χ3v) is 5.10. The zero-order chi connectivity index (χ0) is 16.6. The number of hydrogen-bond acceptors (Lipinski definition) is 1. The lowest BCUT2D eigenvalue weighted by Gasteiger charge is -2.04. The normalized spacial score (nSPS) is 13.2. The van der Waals surface area contributed by atoms with E-state index >= 15 is 0 Å². The number of alkyl halides is 1. The van der Waals surface area contributed by atoms with Crippen molar-refractivity contribution in [2.75, 3.05) is 5.33 Å². The molecule has 1 rings (SSSR count). The van der Waals surface area contributed by atoms with Gasteiger partial charge in [0.15, 0.2) is 0 Å². The summed E-state index contributed by atoms with van der Waals surface area (Å²) in [4.78, 5) is 0. The lowest BCUT2D eigenvalue weighted by molar-refractivity contribution is 0.377. The average molecular weight is 383 g/mol. The van der Waals surface area contributed by atoms with Gasteiger partial charge in [-0.05, 0) is 12.8 Å². The van der Waals surface area contributed by atoms with Gasteiger partial charge in [-0.25, -0.2) is 0 Å². The van der Waals surface area contributed by atoms with Gasteiger partial charge in [0.25, 0.3) is 0 Å². The second-order valence-electron chi connectivity index (χ2n) is 6.66. The zero-order valence-corrected chi connectivity index (χ0v) is 16.3. The Balaban J connectivity index is 1.77. The van der Waals surface area contributed by atoms with Crippen molar-refractivity contribution in [3.8, 4) is 0 Å². The van der Waals surface area contributed by atoms with Crippen LogP contribution in [0.1, 0.15) is 89.9 Å². The first-order valence-electron chi connectivity index (χ1n) is 9.67. The Labute approximate surface area is 152 Å². The van der Waals surface area contributed by atoms with E-state index in [1.54, 1.807) is 0 Å². The van der Waals surface area contributed by atoms with E-state index in [1.165, 1.54) is 77.0 Å². The fraction of sp³-hybridized carbons (Fsp3) is 0.714. The quantitative estimate of drug-likeness (QED) is 0.174. The summed E-state index contributed by atoms with van der Waals surface area (Å²) in [7, 11) is 0. The summed E-state index contributed by atoms with van der Waals surface area (Å²) in [6.07, 6.45) is 26.5. The van der Waals surface area contributed by atoms with Crippen molar-refractivity contribution in [3.63, 3.8) is 0 Å². The standard InChI is InChI=1S/C21H35BrO/c22-19-15-11-9-7-5-3-1-2-4-6-8-10-12-18-21(23)20-16-13-14-17-20/h13-14,16-17,23H,1-12,15,18-19H2. The molecule has 0 aromatic heterocycles. The molecule has 132 valence electrons. The lowest BCUT2D eigenvalue weighted by atomic mass is 10.0. The highest BCUT2D eigenvalue weighted by Gasteiger charge is 2.02. The molecule has 23 heavy (non-hydrogen) atoms. The van der Waals surface area contributed by atoms with E-state index in [9.17, 15) is 5.11 Å². The molecule has 1 nitrogen and oxygen atoms in total. The molecule has 0 spiro atoms.